The van der Waals surface area contributed by atoms with Crippen LogP contribution in [0.15, 0.2) is 29.2 Å². The first-order valence-electron chi connectivity index (χ1n) is 7.53. The van der Waals surface area contributed by atoms with Crippen LogP contribution in [0.1, 0.15) is 26.2 Å². The molecule has 2 aliphatic rings. The monoisotopic (exact) mass is 310 g/mol. The summed E-state index contributed by atoms with van der Waals surface area (Å²) < 4.78 is 27.2. The van der Waals surface area contributed by atoms with E-state index in [9.17, 15) is 13.5 Å². The fourth-order valence-electron chi connectivity index (χ4n) is 3.44. The van der Waals surface area contributed by atoms with E-state index >= 15 is 0 Å². The number of sulfonamides is 1. The molecule has 3 rings (SSSR count). The standard InChI is InChI=1S/C15H22N2O3S/c1-12-10-16-8-3-2-5-13(16)11-17(12)21(19,20)15-7-4-6-14(18)9-15/h4,6-7,9,12-13,18H,2-3,5,8,10-11H2,1H3. The average molecular weight is 310 g/mol. The highest BCUT2D eigenvalue weighted by Gasteiger charge is 2.39. The zero-order chi connectivity index (χ0) is 15.0. The number of hydrogen-bond acceptors (Lipinski definition) is 4. The number of rotatable bonds is 2. The third-order valence-electron chi connectivity index (χ3n) is 4.55. The van der Waals surface area contributed by atoms with Crippen LogP contribution in [0.5, 0.6) is 5.75 Å². The summed E-state index contributed by atoms with van der Waals surface area (Å²) in [5, 5.41) is 9.54. The number of phenolic OH excluding ortho intramolecular Hbond substituents is 1. The van der Waals surface area contributed by atoms with Crippen molar-refractivity contribution in [3.8, 4) is 5.75 Å². The molecule has 2 atom stereocenters. The molecule has 2 aliphatic heterocycles. The van der Waals surface area contributed by atoms with Crippen molar-refractivity contribution in [1.29, 1.82) is 0 Å². The van der Waals surface area contributed by atoms with Crippen molar-refractivity contribution in [1.82, 2.24) is 9.21 Å². The number of piperazine rings is 1. The summed E-state index contributed by atoms with van der Waals surface area (Å²) in [4.78, 5) is 2.60. The molecule has 2 fully saturated rings. The molecule has 0 amide bonds. The van der Waals surface area contributed by atoms with Gasteiger partial charge >= 0.3 is 0 Å². The van der Waals surface area contributed by atoms with Gasteiger partial charge in [0.05, 0.1) is 4.90 Å². The Morgan fingerprint density at radius 2 is 2.05 bits per heavy atom. The zero-order valence-corrected chi connectivity index (χ0v) is 13.1. The average Bonchev–Trinajstić information content (AvgIpc) is 2.46. The Bertz CT molecular complexity index is 617. The summed E-state index contributed by atoms with van der Waals surface area (Å²) >= 11 is 0. The van der Waals surface area contributed by atoms with E-state index in [4.69, 9.17) is 0 Å². The van der Waals surface area contributed by atoms with E-state index in [0.29, 0.717) is 12.6 Å². The van der Waals surface area contributed by atoms with Crippen molar-refractivity contribution in [3.05, 3.63) is 24.3 Å². The Hall–Kier alpha value is -1.11. The summed E-state index contributed by atoms with van der Waals surface area (Å²) in [5.74, 6) is -0.0139. The minimum Gasteiger partial charge on any atom is -0.508 e. The lowest BCUT2D eigenvalue weighted by atomic mass is 9.99. The number of nitrogens with zero attached hydrogens (tertiary/aromatic N) is 2. The maximum atomic E-state index is 12.8. The molecule has 21 heavy (non-hydrogen) atoms. The number of benzene rings is 1. The Labute approximate surface area is 126 Å². The smallest absolute Gasteiger partial charge is 0.243 e. The van der Waals surface area contributed by atoms with Crippen LogP contribution in [0.3, 0.4) is 0 Å². The minimum absolute atomic E-state index is 0.0139. The topological polar surface area (TPSA) is 60.9 Å². The first-order valence-corrected chi connectivity index (χ1v) is 8.97. The molecule has 0 spiro atoms. The zero-order valence-electron chi connectivity index (χ0n) is 12.3. The molecule has 0 bridgehead atoms. The van der Waals surface area contributed by atoms with E-state index in [-0.39, 0.29) is 16.7 Å². The van der Waals surface area contributed by atoms with E-state index in [0.717, 1.165) is 19.5 Å². The van der Waals surface area contributed by atoms with Gasteiger partial charge in [0, 0.05) is 25.2 Å². The van der Waals surface area contributed by atoms with Crippen molar-refractivity contribution in [2.45, 2.75) is 43.2 Å². The third-order valence-corrected chi connectivity index (χ3v) is 6.53. The first-order chi connectivity index (χ1) is 9.98. The molecular formula is C15H22N2O3S. The van der Waals surface area contributed by atoms with Gasteiger partial charge in [-0.25, -0.2) is 8.42 Å². The molecule has 0 aliphatic carbocycles. The molecule has 6 heteroatoms. The van der Waals surface area contributed by atoms with Crippen LogP contribution in [0.25, 0.3) is 0 Å². The highest BCUT2D eigenvalue weighted by Crippen LogP contribution is 2.29. The van der Waals surface area contributed by atoms with E-state index in [2.05, 4.69) is 4.90 Å². The molecule has 2 saturated heterocycles. The summed E-state index contributed by atoms with van der Waals surface area (Å²) in [6, 6.07) is 6.24. The summed E-state index contributed by atoms with van der Waals surface area (Å²) in [7, 11) is -3.54. The normalized spacial score (nSPS) is 28.2. The van der Waals surface area contributed by atoms with E-state index in [1.54, 1.807) is 16.4 Å². The van der Waals surface area contributed by atoms with Crippen LogP contribution in [0.4, 0.5) is 0 Å². The highest BCUT2D eigenvalue weighted by atomic mass is 32.2. The second-order valence-corrected chi connectivity index (χ2v) is 7.96. The molecule has 1 aromatic rings. The van der Waals surface area contributed by atoms with Crippen molar-refractivity contribution in [2.75, 3.05) is 19.6 Å². The van der Waals surface area contributed by atoms with Gasteiger partial charge < -0.3 is 5.11 Å². The predicted molar refractivity (Wildman–Crippen MR) is 80.7 cm³/mol. The molecule has 116 valence electrons. The number of phenols is 1. The van der Waals surface area contributed by atoms with Gasteiger partial charge in [0.15, 0.2) is 0 Å². The minimum atomic E-state index is -3.54. The molecule has 1 aromatic carbocycles. The lowest BCUT2D eigenvalue weighted by molar-refractivity contribution is 0.0564. The lowest BCUT2D eigenvalue weighted by Gasteiger charge is -2.46. The van der Waals surface area contributed by atoms with Gasteiger partial charge in [0.25, 0.3) is 0 Å². The molecule has 5 nitrogen and oxygen atoms in total. The SMILES string of the molecule is CC1CN2CCCCC2CN1S(=O)(=O)c1cccc(O)c1. The fraction of sp³-hybridized carbons (Fsp3) is 0.600. The molecule has 2 heterocycles. The van der Waals surface area contributed by atoms with Crippen molar-refractivity contribution >= 4 is 10.0 Å². The van der Waals surface area contributed by atoms with Crippen molar-refractivity contribution in [2.24, 2.45) is 0 Å². The van der Waals surface area contributed by atoms with Gasteiger partial charge in [0.1, 0.15) is 5.75 Å². The van der Waals surface area contributed by atoms with Crippen molar-refractivity contribution in [3.63, 3.8) is 0 Å². The number of aromatic hydroxyl groups is 1. The number of hydrogen-bond donors (Lipinski definition) is 1. The summed E-state index contributed by atoms with van der Waals surface area (Å²) in [6.45, 7) is 4.39. The largest absolute Gasteiger partial charge is 0.508 e. The van der Waals surface area contributed by atoms with Crippen LogP contribution >= 0.6 is 0 Å². The van der Waals surface area contributed by atoms with Crippen LogP contribution in [0.2, 0.25) is 0 Å². The van der Waals surface area contributed by atoms with Gasteiger partial charge in [-0.1, -0.05) is 12.5 Å². The van der Waals surface area contributed by atoms with Crippen LogP contribution < -0.4 is 0 Å². The Balaban J connectivity index is 1.88. The van der Waals surface area contributed by atoms with Gasteiger partial charge in [-0.2, -0.15) is 4.31 Å². The maximum absolute atomic E-state index is 12.8. The van der Waals surface area contributed by atoms with Gasteiger partial charge in [-0.05, 0) is 44.5 Å². The van der Waals surface area contributed by atoms with E-state index in [1.165, 1.54) is 25.0 Å². The van der Waals surface area contributed by atoms with E-state index in [1.807, 2.05) is 6.92 Å². The fourth-order valence-corrected chi connectivity index (χ4v) is 5.14. The first kappa shape index (κ1) is 14.8. The van der Waals surface area contributed by atoms with Crippen LogP contribution in [-0.4, -0.2) is 54.4 Å². The van der Waals surface area contributed by atoms with E-state index < -0.39 is 10.0 Å². The third kappa shape index (κ3) is 2.80. The molecule has 1 N–H and O–H groups in total. The molecular weight excluding hydrogens is 288 g/mol. The molecule has 2 unspecified atom stereocenters. The second kappa shape index (κ2) is 5.59. The predicted octanol–water partition coefficient (Wildman–Crippen LogP) is 1.64. The van der Waals surface area contributed by atoms with Crippen LogP contribution in [0, 0.1) is 0 Å². The van der Waals surface area contributed by atoms with Gasteiger partial charge in [0.2, 0.25) is 10.0 Å². The van der Waals surface area contributed by atoms with Gasteiger partial charge in [-0.3, -0.25) is 4.90 Å². The Morgan fingerprint density at radius 1 is 1.24 bits per heavy atom. The number of fused-ring (bicyclic) bond motifs is 1. The molecule has 0 radical (unpaired) electrons. The highest BCUT2D eigenvalue weighted by molar-refractivity contribution is 7.89. The molecule has 0 saturated carbocycles. The number of piperidine rings is 1. The van der Waals surface area contributed by atoms with Crippen molar-refractivity contribution < 1.29 is 13.5 Å². The maximum Gasteiger partial charge on any atom is 0.243 e. The second-order valence-electron chi connectivity index (χ2n) is 6.07. The van der Waals surface area contributed by atoms with Gasteiger partial charge in [-0.15, -0.1) is 0 Å². The Morgan fingerprint density at radius 3 is 2.81 bits per heavy atom. The summed E-state index contributed by atoms with van der Waals surface area (Å²) in [5.41, 5.74) is 0. The molecule has 0 aromatic heterocycles. The summed E-state index contributed by atoms with van der Waals surface area (Å²) in [6.07, 6.45) is 3.46. The lowest BCUT2D eigenvalue weighted by Crippen LogP contribution is -2.59. The quantitative estimate of drug-likeness (QED) is 0.902. The van der Waals surface area contributed by atoms with Crippen LogP contribution in [-0.2, 0) is 10.0 Å². The Kier molecular flexibility index (Phi) is 3.94.